The zero-order chi connectivity index (χ0) is 17.8. The molecule has 0 radical (unpaired) electrons. The summed E-state index contributed by atoms with van der Waals surface area (Å²) in [6.45, 7) is 1.04. The minimum Gasteiger partial charge on any atom is -0.393 e. The zero-order valence-electron chi connectivity index (χ0n) is 13.6. The summed E-state index contributed by atoms with van der Waals surface area (Å²) in [6.07, 6.45) is 0.823. The lowest BCUT2D eigenvalue weighted by Crippen LogP contribution is -2.40. The lowest BCUT2D eigenvalue weighted by molar-refractivity contribution is 0.0547. The molecule has 0 atom stereocenters. The summed E-state index contributed by atoms with van der Waals surface area (Å²) < 4.78 is 0.696. The van der Waals surface area contributed by atoms with Gasteiger partial charge in [0, 0.05) is 17.6 Å². The smallest absolute Gasteiger partial charge is 0.256 e. The van der Waals surface area contributed by atoms with Crippen molar-refractivity contribution >= 4 is 33.4 Å². The number of nitrogens with zero attached hydrogens (tertiary/aromatic N) is 1. The number of piperidine rings is 1. The van der Waals surface area contributed by atoms with Crippen LogP contribution in [0.25, 0.3) is 0 Å². The topological polar surface area (TPSA) is 69.6 Å². The van der Waals surface area contributed by atoms with E-state index in [0.717, 1.165) is 0 Å². The van der Waals surface area contributed by atoms with Gasteiger partial charge in [0.1, 0.15) is 0 Å². The molecule has 6 heteroatoms. The molecule has 1 heterocycles. The van der Waals surface area contributed by atoms with Crippen LogP contribution in [0.2, 0.25) is 0 Å². The van der Waals surface area contributed by atoms with Crippen LogP contribution in [0.1, 0.15) is 33.6 Å². The number of halogens is 1. The van der Waals surface area contributed by atoms with Crippen LogP contribution in [0.5, 0.6) is 0 Å². The Kier molecular flexibility index (Phi) is 5.50. The fourth-order valence-corrected chi connectivity index (χ4v) is 3.32. The first kappa shape index (κ1) is 17.6. The van der Waals surface area contributed by atoms with Gasteiger partial charge in [0.15, 0.2) is 0 Å². The van der Waals surface area contributed by atoms with Gasteiger partial charge in [-0.15, -0.1) is 0 Å². The molecule has 0 unspecified atom stereocenters. The van der Waals surface area contributed by atoms with Crippen LogP contribution < -0.4 is 5.32 Å². The Hall–Kier alpha value is -2.18. The summed E-state index contributed by atoms with van der Waals surface area (Å²) in [5.41, 5.74) is 1.45. The standard InChI is InChI=1S/C19H19BrN2O3/c20-16-7-3-1-5-14(16)18(24)21-17-8-4-2-6-15(17)19(25)22-11-9-13(23)10-12-22/h1-8,13,23H,9-12H2,(H,21,24). The van der Waals surface area contributed by atoms with Crippen LogP contribution in [0.3, 0.4) is 0 Å². The Morgan fingerprint density at radius 2 is 1.60 bits per heavy atom. The number of carbonyl (C=O) groups is 2. The van der Waals surface area contributed by atoms with Crippen molar-refractivity contribution in [3.8, 4) is 0 Å². The molecule has 2 aromatic rings. The van der Waals surface area contributed by atoms with Crippen molar-refractivity contribution < 1.29 is 14.7 Å². The van der Waals surface area contributed by atoms with E-state index in [1.54, 1.807) is 47.4 Å². The maximum atomic E-state index is 12.8. The third kappa shape index (κ3) is 4.08. The van der Waals surface area contributed by atoms with Gasteiger partial charge in [0.25, 0.3) is 11.8 Å². The van der Waals surface area contributed by atoms with Crippen molar-refractivity contribution in [3.63, 3.8) is 0 Å². The van der Waals surface area contributed by atoms with Gasteiger partial charge in [-0.25, -0.2) is 0 Å². The molecule has 2 aromatic carbocycles. The SMILES string of the molecule is O=C(Nc1ccccc1C(=O)N1CCC(O)CC1)c1ccccc1Br. The summed E-state index contributed by atoms with van der Waals surface area (Å²) in [4.78, 5) is 27.0. The number of para-hydroxylation sites is 1. The minimum absolute atomic E-state index is 0.130. The first-order chi connectivity index (χ1) is 12.1. The van der Waals surface area contributed by atoms with E-state index >= 15 is 0 Å². The molecule has 1 saturated heterocycles. The van der Waals surface area contributed by atoms with Gasteiger partial charge in [-0.1, -0.05) is 24.3 Å². The molecular weight excluding hydrogens is 384 g/mol. The number of aliphatic hydroxyl groups excluding tert-OH is 1. The second-order valence-corrected chi connectivity index (χ2v) is 6.86. The highest BCUT2D eigenvalue weighted by Gasteiger charge is 2.24. The van der Waals surface area contributed by atoms with Crippen molar-refractivity contribution in [2.24, 2.45) is 0 Å². The van der Waals surface area contributed by atoms with E-state index in [4.69, 9.17) is 0 Å². The monoisotopic (exact) mass is 402 g/mol. The van der Waals surface area contributed by atoms with Gasteiger partial charge >= 0.3 is 0 Å². The number of carbonyl (C=O) groups excluding carboxylic acids is 2. The normalized spacial score (nSPS) is 15.0. The van der Waals surface area contributed by atoms with Crippen LogP contribution in [-0.4, -0.2) is 41.0 Å². The number of hydrogen-bond acceptors (Lipinski definition) is 3. The number of likely N-dealkylation sites (tertiary alicyclic amines) is 1. The fourth-order valence-electron chi connectivity index (χ4n) is 2.85. The number of rotatable bonds is 3. The maximum Gasteiger partial charge on any atom is 0.256 e. The molecule has 0 bridgehead atoms. The fraction of sp³-hybridized carbons (Fsp3) is 0.263. The summed E-state index contributed by atoms with van der Waals surface area (Å²) in [7, 11) is 0. The molecule has 2 amide bonds. The van der Waals surface area contributed by atoms with Crippen LogP contribution in [0.4, 0.5) is 5.69 Å². The maximum absolute atomic E-state index is 12.8. The van der Waals surface area contributed by atoms with Crippen LogP contribution >= 0.6 is 15.9 Å². The third-order valence-corrected chi connectivity index (χ3v) is 4.97. The van der Waals surface area contributed by atoms with Crippen molar-refractivity contribution in [2.45, 2.75) is 18.9 Å². The molecule has 0 aromatic heterocycles. The van der Waals surface area contributed by atoms with Crippen LogP contribution in [-0.2, 0) is 0 Å². The lowest BCUT2D eigenvalue weighted by Gasteiger charge is -2.30. The molecule has 130 valence electrons. The lowest BCUT2D eigenvalue weighted by atomic mass is 10.1. The van der Waals surface area contributed by atoms with Crippen LogP contribution in [0, 0.1) is 0 Å². The van der Waals surface area contributed by atoms with E-state index in [9.17, 15) is 14.7 Å². The highest BCUT2D eigenvalue weighted by molar-refractivity contribution is 9.10. The van der Waals surface area contributed by atoms with Crippen molar-refractivity contribution in [3.05, 3.63) is 64.1 Å². The Morgan fingerprint density at radius 3 is 2.28 bits per heavy atom. The Bertz CT molecular complexity index is 786. The molecule has 1 aliphatic rings. The number of benzene rings is 2. The summed E-state index contributed by atoms with van der Waals surface area (Å²) in [5.74, 6) is -0.406. The highest BCUT2D eigenvalue weighted by Crippen LogP contribution is 2.22. The quantitative estimate of drug-likeness (QED) is 0.827. The number of anilines is 1. The first-order valence-electron chi connectivity index (χ1n) is 8.18. The molecule has 3 rings (SSSR count). The van der Waals surface area contributed by atoms with Crippen molar-refractivity contribution in [2.75, 3.05) is 18.4 Å². The first-order valence-corrected chi connectivity index (χ1v) is 8.98. The largest absolute Gasteiger partial charge is 0.393 e. The Morgan fingerprint density at radius 1 is 1.00 bits per heavy atom. The van der Waals surface area contributed by atoms with E-state index in [-0.39, 0.29) is 17.9 Å². The van der Waals surface area contributed by atoms with Gasteiger partial charge in [0.05, 0.1) is 22.9 Å². The average Bonchev–Trinajstić information content (AvgIpc) is 2.62. The molecule has 0 spiro atoms. The molecule has 5 nitrogen and oxygen atoms in total. The van der Waals surface area contributed by atoms with E-state index in [2.05, 4.69) is 21.2 Å². The molecule has 25 heavy (non-hydrogen) atoms. The van der Waals surface area contributed by atoms with Crippen LogP contribution in [0.15, 0.2) is 53.0 Å². The summed E-state index contributed by atoms with van der Waals surface area (Å²) >= 11 is 3.37. The number of hydrogen-bond donors (Lipinski definition) is 2. The second-order valence-electron chi connectivity index (χ2n) is 6.00. The van der Waals surface area contributed by atoms with E-state index in [0.29, 0.717) is 47.2 Å². The van der Waals surface area contributed by atoms with E-state index < -0.39 is 0 Å². The van der Waals surface area contributed by atoms with Crippen molar-refractivity contribution in [1.29, 1.82) is 0 Å². The predicted molar refractivity (Wildman–Crippen MR) is 99.7 cm³/mol. The molecule has 0 saturated carbocycles. The van der Waals surface area contributed by atoms with E-state index in [1.165, 1.54) is 0 Å². The van der Waals surface area contributed by atoms with E-state index in [1.807, 2.05) is 6.07 Å². The Labute approximate surface area is 154 Å². The predicted octanol–water partition coefficient (Wildman–Crippen LogP) is 3.30. The number of nitrogens with one attached hydrogen (secondary N) is 1. The van der Waals surface area contributed by atoms with Gasteiger partial charge in [-0.05, 0) is 53.0 Å². The second kappa shape index (κ2) is 7.80. The van der Waals surface area contributed by atoms with Gasteiger partial charge < -0.3 is 15.3 Å². The average molecular weight is 403 g/mol. The molecule has 1 aliphatic heterocycles. The van der Waals surface area contributed by atoms with Crippen molar-refractivity contribution in [1.82, 2.24) is 4.90 Å². The molecular formula is C19H19BrN2O3. The zero-order valence-corrected chi connectivity index (χ0v) is 15.2. The molecule has 2 N–H and O–H groups in total. The van der Waals surface area contributed by atoms with Gasteiger partial charge in [-0.3, -0.25) is 9.59 Å². The minimum atomic E-state index is -0.338. The summed E-state index contributed by atoms with van der Waals surface area (Å²) in [5, 5.41) is 12.4. The summed E-state index contributed by atoms with van der Waals surface area (Å²) in [6, 6.07) is 14.1. The van der Waals surface area contributed by atoms with Gasteiger partial charge in [0.2, 0.25) is 0 Å². The third-order valence-electron chi connectivity index (χ3n) is 4.28. The number of amides is 2. The highest BCUT2D eigenvalue weighted by atomic mass is 79.9. The molecule has 0 aliphatic carbocycles. The Balaban J connectivity index is 1.80. The number of aliphatic hydroxyl groups is 1. The molecule has 1 fully saturated rings. The van der Waals surface area contributed by atoms with Gasteiger partial charge in [-0.2, -0.15) is 0 Å².